The molecule has 0 radical (unpaired) electrons. The minimum absolute atomic E-state index is 0.666. The molecule has 0 spiro atoms. The third kappa shape index (κ3) is 1.62. The van der Waals surface area contributed by atoms with E-state index in [2.05, 4.69) is 10.3 Å². The van der Waals surface area contributed by atoms with Gasteiger partial charge in [-0.1, -0.05) is 6.07 Å². The molecule has 0 aliphatic carbocycles. The molecule has 1 N–H and O–H groups in total. The highest BCUT2D eigenvalue weighted by Gasteiger charge is 2.03. The van der Waals surface area contributed by atoms with Gasteiger partial charge >= 0.3 is 0 Å². The van der Waals surface area contributed by atoms with Crippen LogP contribution < -0.4 is 5.32 Å². The van der Waals surface area contributed by atoms with Crippen LogP contribution in [-0.4, -0.2) is 12.0 Å². The Morgan fingerprint density at radius 2 is 2.21 bits per heavy atom. The lowest BCUT2D eigenvalue weighted by Crippen LogP contribution is -1.87. The topological polar surface area (TPSA) is 38.1 Å². The van der Waals surface area contributed by atoms with Gasteiger partial charge < -0.3 is 9.73 Å². The predicted octanol–water partition coefficient (Wildman–Crippen LogP) is 2.69. The lowest BCUT2D eigenvalue weighted by atomic mass is 10.2. The summed E-state index contributed by atoms with van der Waals surface area (Å²) < 4.78 is 5.43. The molecule has 1 aromatic carbocycles. The fourth-order valence-electron chi connectivity index (χ4n) is 1.30. The molecule has 0 amide bonds. The predicted molar refractivity (Wildman–Crippen MR) is 56.2 cm³/mol. The number of nitrogens with one attached hydrogen (secondary N) is 1. The van der Waals surface area contributed by atoms with E-state index >= 15 is 0 Å². The molecule has 0 atom stereocenters. The number of hydrogen-bond donors (Lipinski definition) is 1. The van der Waals surface area contributed by atoms with Crippen LogP contribution in [0, 0.1) is 6.92 Å². The van der Waals surface area contributed by atoms with Crippen LogP contribution >= 0.6 is 0 Å². The van der Waals surface area contributed by atoms with Crippen molar-refractivity contribution in [3.8, 4) is 11.5 Å². The van der Waals surface area contributed by atoms with Crippen LogP contribution in [-0.2, 0) is 0 Å². The van der Waals surface area contributed by atoms with Gasteiger partial charge in [-0.2, -0.15) is 0 Å². The highest BCUT2D eigenvalue weighted by Crippen LogP contribution is 2.21. The number of aromatic nitrogens is 1. The van der Waals surface area contributed by atoms with Crippen molar-refractivity contribution >= 4 is 5.69 Å². The SMILES string of the molecule is CNc1cccc(-c2ncc(C)o2)c1. The first-order valence-electron chi connectivity index (χ1n) is 4.50. The van der Waals surface area contributed by atoms with Crippen LogP contribution in [0.2, 0.25) is 0 Å². The summed E-state index contributed by atoms with van der Waals surface area (Å²) in [6.45, 7) is 1.89. The van der Waals surface area contributed by atoms with Crippen molar-refractivity contribution in [3.63, 3.8) is 0 Å². The highest BCUT2D eigenvalue weighted by molar-refractivity contribution is 5.61. The Labute approximate surface area is 82.8 Å². The maximum Gasteiger partial charge on any atom is 0.226 e. The first-order valence-corrected chi connectivity index (χ1v) is 4.50. The van der Waals surface area contributed by atoms with E-state index in [1.807, 2.05) is 38.2 Å². The van der Waals surface area contributed by atoms with Crippen molar-refractivity contribution in [2.75, 3.05) is 12.4 Å². The Bertz CT molecular complexity index is 434. The van der Waals surface area contributed by atoms with Crippen LogP contribution in [0.3, 0.4) is 0 Å². The average molecular weight is 188 g/mol. The molecule has 1 heterocycles. The van der Waals surface area contributed by atoms with Crippen molar-refractivity contribution < 1.29 is 4.42 Å². The monoisotopic (exact) mass is 188 g/mol. The Morgan fingerprint density at radius 1 is 1.36 bits per heavy atom. The number of anilines is 1. The fourth-order valence-corrected chi connectivity index (χ4v) is 1.30. The molecule has 0 bridgehead atoms. The summed E-state index contributed by atoms with van der Waals surface area (Å²) in [6, 6.07) is 7.96. The van der Waals surface area contributed by atoms with Gasteiger partial charge in [-0.05, 0) is 25.1 Å². The van der Waals surface area contributed by atoms with Gasteiger partial charge in [0.25, 0.3) is 0 Å². The molecule has 0 unspecified atom stereocenters. The second-order valence-electron chi connectivity index (χ2n) is 3.11. The Kier molecular flexibility index (Phi) is 2.23. The standard InChI is InChI=1S/C11H12N2O/c1-8-7-13-11(14-8)9-4-3-5-10(6-9)12-2/h3-7,12H,1-2H3. The smallest absolute Gasteiger partial charge is 0.226 e. The number of oxazole rings is 1. The van der Waals surface area contributed by atoms with Gasteiger partial charge in [0.15, 0.2) is 0 Å². The molecule has 0 saturated carbocycles. The van der Waals surface area contributed by atoms with Crippen molar-refractivity contribution in [2.24, 2.45) is 0 Å². The summed E-state index contributed by atoms with van der Waals surface area (Å²) in [5, 5.41) is 3.07. The van der Waals surface area contributed by atoms with Gasteiger partial charge in [0, 0.05) is 18.3 Å². The zero-order valence-corrected chi connectivity index (χ0v) is 8.24. The Balaban J connectivity index is 2.41. The molecule has 3 heteroatoms. The molecule has 72 valence electrons. The minimum Gasteiger partial charge on any atom is -0.441 e. The quantitative estimate of drug-likeness (QED) is 0.787. The van der Waals surface area contributed by atoms with Gasteiger partial charge in [-0.25, -0.2) is 4.98 Å². The fraction of sp³-hybridized carbons (Fsp3) is 0.182. The van der Waals surface area contributed by atoms with E-state index < -0.39 is 0 Å². The molecule has 0 saturated heterocycles. The van der Waals surface area contributed by atoms with E-state index in [0.717, 1.165) is 17.0 Å². The van der Waals surface area contributed by atoms with E-state index in [1.165, 1.54) is 0 Å². The first kappa shape index (κ1) is 8.81. The minimum atomic E-state index is 0.666. The van der Waals surface area contributed by atoms with Crippen molar-refractivity contribution in [1.29, 1.82) is 0 Å². The van der Waals surface area contributed by atoms with Crippen LogP contribution in [0.15, 0.2) is 34.9 Å². The van der Waals surface area contributed by atoms with Crippen molar-refractivity contribution in [2.45, 2.75) is 6.92 Å². The third-order valence-electron chi connectivity index (χ3n) is 2.02. The largest absolute Gasteiger partial charge is 0.441 e. The number of nitrogens with zero attached hydrogens (tertiary/aromatic N) is 1. The van der Waals surface area contributed by atoms with Crippen LogP contribution in [0.1, 0.15) is 5.76 Å². The molecular formula is C11H12N2O. The van der Waals surface area contributed by atoms with E-state index in [4.69, 9.17) is 4.42 Å². The van der Waals surface area contributed by atoms with Crippen molar-refractivity contribution in [3.05, 3.63) is 36.2 Å². The second-order valence-corrected chi connectivity index (χ2v) is 3.11. The number of aryl methyl sites for hydroxylation is 1. The third-order valence-corrected chi connectivity index (χ3v) is 2.02. The molecule has 0 aliphatic heterocycles. The van der Waals surface area contributed by atoms with Crippen molar-refractivity contribution in [1.82, 2.24) is 4.98 Å². The molecule has 3 nitrogen and oxygen atoms in total. The molecule has 1 aromatic heterocycles. The molecule has 0 fully saturated rings. The zero-order chi connectivity index (χ0) is 9.97. The molecule has 14 heavy (non-hydrogen) atoms. The molecule has 2 aromatic rings. The van der Waals surface area contributed by atoms with E-state index in [9.17, 15) is 0 Å². The normalized spacial score (nSPS) is 10.1. The summed E-state index contributed by atoms with van der Waals surface area (Å²) in [5.74, 6) is 1.49. The Hall–Kier alpha value is -1.77. The number of benzene rings is 1. The summed E-state index contributed by atoms with van der Waals surface area (Å²) in [5.41, 5.74) is 2.04. The van der Waals surface area contributed by atoms with E-state index in [0.29, 0.717) is 5.89 Å². The molecule has 0 aliphatic rings. The summed E-state index contributed by atoms with van der Waals surface area (Å²) >= 11 is 0. The van der Waals surface area contributed by atoms with E-state index in [1.54, 1.807) is 6.20 Å². The Morgan fingerprint density at radius 3 is 2.86 bits per heavy atom. The summed E-state index contributed by atoms with van der Waals surface area (Å²) in [6.07, 6.45) is 1.72. The highest BCUT2D eigenvalue weighted by atomic mass is 16.4. The average Bonchev–Trinajstić information content (AvgIpc) is 2.65. The second kappa shape index (κ2) is 3.54. The van der Waals surface area contributed by atoms with Gasteiger partial charge in [-0.3, -0.25) is 0 Å². The molecular weight excluding hydrogens is 176 g/mol. The van der Waals surface area contributed by atoms with Gasteiger partial charge in [0.05, 0.1) is 6.20 Å². The number of rotatable bonds is 2. The maximum atomic E-state index is 5.43. The van der Waals surface area contributed by atoms with Crippen LogP contribution in [0.25, 0.3) is 11.5 Å². The summed E-state index contributed by atoms with van der Waals surface area (Å²) in [4.78, 5) is 4.17. The van der Waals surface area contributed by atoms with E-state index in [-0.39, 0.29) is 0 Å². The zero-order valence-electron chi connectivity index (χ0n) is 8.24. The lowest BCUT2D eigenvalue weighted by Gasteiger charge is -2.00. The van der Waals surface area contributed by atoms with Gasteiger partial charge in [0.1, 0.15) is 5.76 Å². The molecule has 2 rings (SSSR count). The summed E-state index contributed by atoms with van der Waals surface area (Å²) in [7, 11) is 1.89. The first-order chi connectivity index (χ1) is 6.79. The van der Waals surface area contributed by atoms with Gasteiger partial charge in [0.2, 0.25) is 5.89 Å². The lowest BCUT2D eigenvalue weighted by molar-refractivity contribution is 0.542. The maximum absolute atomic E-state index is 5.43. The van der Waals surface area contributed by atoms with Gasteiger partial charge in [-0.15, -0.1) is 0 Å². The van der Waals surface area contributed by atoms with Crippen LogP contribution in [0.4, 0.5) is 5.69 Å². The van der Waals surface area contributed by atoms with Crippen LogP contribution in [0.5, 0.6) is 0 Å². The number of hydrogen-bond acceptors (Lipinski definition) is 3.